The molecule has 1 aliphatic carbocycles. The molecule has 20 heavy (non-hydrogen) atoms. The van der Waals surface area contributed by atoms with Gasteiger partial charge in [0, 0.05) is 19.0 Å². The molecule has 2 heteroatoms. The van der Waals surface area contributed by atoms with Crippen molar-refractivity contribution < 1.29 is 4.79 Å². The van der Waals surface area contributed by atoms with E-state index in [1.807, 2.05) is 0 Å². The van der Waals surface area contributed by atoms with Crippen LogP contribution in [0.2, 0.25) is 0 Å². The summed E-state index contributed by atoms with van der Waals surface area (Å²) in [6.07, 6.45) is 12.2. The van der Waals surface area contributed by atoms with E-state index in [4.69, 9.17) is 0 Å². The van der Waals surface area contributed by atoms with E-state index < -0.39 is 0 Å². The molecule has 1 amide bonds. The van der Waals surface area contributed by atoms with Gasteiger partial charge in [0.25, 0.3) is 0 Å². The van der Waals surface area contributed by atoms with Crippen molar-refractivity contribution in [3.63, 3.8) is 0 Å². The summed E-state index contributed by atoms with van der Waals surface area (Å²) in [6, 6.07) is 0. The van der Waals surface area contributed by atoms with Crippen LogP contribution in [0, 0.1) is 11.8 Å². The second kappa shape index (κ2) is 8.99. The largest absolute Gasteiger partial charge is 0.338 e. The number of amides is 1. The third-order valence-corrected chi connectivity index (χ3v) is 3.49. The smallest absolute Gasteiger partial charge is 0.225 e. The molecule has 1 saturated carbocycles. The van der Waals surface area contributed by atoms with Gasteiger partial charge in [-0.25, -0.2) is 0 Å². The molecular formula is C18H31NO. The third kappa shape index (κ3) is 6.93. The van der Waals surface area contributed by atoms with E-state index in [2.05, 4.69) is 50.8 Å². The summed E-state index contributed by atoms with van der Waals surface area (Å²) in [6.45, 7) is 10.4. The number of hydrogen-bond acceptors (Lipinski definition) is 1. The van der Waals surface area contributed by atoms with Gasteiger partial charge < -0.3 is 4.90 Å². The predicted octanol–water partition coefficient (Wildman–Crippen LogP) is 4.57. The number of allylic oxidation sites excluding steroid dienone is 3. The molecule has 1 fully saturated rings. The van der Waals surface area contributed by atoms with Crippen molar-refractivity contribution in [1.82, 2.24) is 4.90 Å². The first-order valence-electron chi connectivity index (χ1n) is 8.14. The van der Waals surface area contributed by atoms with Crippen LogP contribution in [0.1, 0.15) is 59.8 Å². The fourth-order valence-corrected chi connectivity index (χ4v) is 2.34. The van der Waals surface area contributed by atoms with Gasteiger partial charge in [0.2, 0.25) is 5.91 Å². The molecule has 2 nitrogen and oxygen atoms in total. The van der Waals surface area contributed by atoms with Crippen molar-refractivity contribution in [1.29, 1.82) is 0 Å². The lowest BCUT2D eigenvalue weighted by Gasteiger charge is -2.25. The predicted molar refractivity (Wildman–Crippen MR) is 86.6 cm³/mol. The van der Waals surface area contributed by atoms with Gasteiger partial charge in [-0.15, -0.1) is 0 Å². The van der Waals surface area contributed by atoms with Gasteiger partial charge in [0.05, 0.1) is 0 Å². The summed E-state index contributed by atoms with van der Waals surface area (Å²) in [5.41, 5.74) is 1.32. The number of carbonyl (C=O) groups is 1. The molecule has 0 aromatic heterocycles. The van der Waals surface area contributed by atoms with Gasteiger partial charge in [-0.2, -0.15) is 0 Å². The minimum Gasteiger partial charge on any atom is -0.338 e. The van der Waals surface area contributed by atoms with Crippen LogP contribution in [0.25, 0.3) is 0 Å². The summed E-state index contributed by atoms with van der Waals surface area (Å²) < 4.78 is 0. The maximum atomic E-state index is 12.3. The Kier molecular flexibility index (Phi) is 7.64. The molecule has 0 bridgehead atoms. The zero-order valence-corrected chi connectivity index (χ0v) is 13.7. The van der Waals surface area contributed by atoms with Crippen molar-refractivity contribution in [2.75, 3.05) is 13.1 Å². The van der Waals surface area contributed by atoms with Crippen LogP contribution in [0.5, 0.6) is 0 Å². The molecule has 114 valence electrons. The summed E-state index contributed by atoms with van der Waals surface area (Å²) in [7, 11) is 0. The molecule has 0 aromatic rings. The van der Waals surface area contributed by atoms with Crippen LogP contribution in [0.4, 0.5) is 0 Å². The molecular weight excluding hydrogens is 246 g/mol. The Morgan fingerprint density at radius 1 is 1.25 bits per heavy atom. The molecule has 0 aromatic carbocycles. The van der Waals surface area contributed by atoms with Crippen LogP contribution < -0.4 is 0 Å². The molecule has 0 atom stereocenters. The Morgan fingerprint density at radius 2 is 1.95 bits per heavy atom. The Balaban J connectivity index is 2.43. The molecule has 0 unspecified atom stereocenters. The second-order valence-corrected chi connectivity index (χ2v) is 6.39. The maximum absolute atomic E-state index is 12.3. The summed E-state index contributed by atoms with van der Waals surface area (Å²) >= 11 is 0. The zero-order valence-electron chi connectivity index (χ0n) is 13.7. The van der Waals surface area contributed by atoms with Crippen molar-refractivity contribution >= 4 is 5.91 Å². The van der Waals surface area contributed by atoms with Crippen LogP contribution in [-0.2, 0) is 4.79 Å². The molecule has 0 heterocycles. The molecule has 0 radical (unpaired) electrons. The van der Waals surface area contributed by atoms with E-state index in [0.717, 1.165) is 45.2 Å². The lowest BCUT2D eigenvalue weighted by Crippen LogP contribution is -2.36. The fourth-order valence-electron chi connectivity index (χ4n) is 2.34. The van der Waals surface area contributed by atoms with Crippen molar-refractivity contribution in [2.45, 2.75) is 59.8 Å². The van der Waals surface area contributed by atoms with Crippen LogP contribution in [0.3, 0.4) is 0 Å². The van der Waals surface area contributed by atoms with E-state index in [-0.39, 0.29) is 0 Å². The number of hydrogen-bond donors (Lipinski definition) is 0. The highest BCUT2D eigenvalue weighted by molar-refractivity contribution is 5.81. The summed E-state index contributed by atoms with van der Waals surface area (Å²) in [5, 5.41) is 0. The van der Waals surface area contributed by atoms with Crippen molar-refractivity contribution in [3.8, 4) is 0 Å². The summed E-state index contributed by atoms with van der Waals surface area (Å²) in [5.74, 6) is 1.24. The maximum Gasteiger partial charge on any atom is 0.225 e. The van der Waals surface area contributed by atoms with Gasteiger partial charge in [0.1, 0.15) is 0 Å². The number of carbonyl (C=O) groups excluding carboxylic acids is 1. The topological polar surface area (TPSA) is 20.3 Å². The van der Waals surface area contributed by atoms with E-state index in [9.17, 15) is 4.79 Å². The van der Waals surface area contributed by atoms with Gasteiger partial charge in [-0.1, -0.05) is 44.6 Å². The Morgan fingerprint density at radius 3 is 2.50 bits per heavy atom. The molecule has 1 rings (SSSR count). The first-order chi connectivity index (χ1) is 9.54. The van der Waals surface area contributed by atoms with Crippen LogP contribution in [-0.4, -0.2) is 23.9 Å². The van der Waals surface area contributed by atoms with E-state index in [1.54, 1.807) is 0 Å². The monoisotopic (exact) mass is 277 g/mol. The molecule has 0 saturated heterocycles. The highest BCUT2D eigenvalue weighted by Crippen LogP contribution is 2.31. The van der Waals surface area contributed by atoms with Crippen LogP contribution in [0.15, 0.2) is 23.8 Å². The lowest BCUT2D eigenvalue weighted by molar-refractivity contribution is -0.132. The standard InChI is InChI=1S/C18H31NO/c1-5-6-7-8-9-10-16(4)14-19(13-15(2)3)18(20)17-11-12-17/h6-7,10,15,17H,5,8-9,11-14H2,1-4H3. The lowest BCUT2D eigenvalue weighted by atomic mass is 10.1. The average molecular weight is 277 g/mol. The van der Waals surface area contributed by atoms with E-state index >= 15 is 0 Å². The van der Waals surface area contributed by atoms with Gasteiger partial charge in [-0.05, 0) is 44.9 Å². The van der Waals surface area contributed by atoms with Gasteiger partial charge in [-0.3, -0.25) is 4.79 Å². The molecule has 1 aliphatic rings. The number of unbranched alkanes of at least 4 members (excludes halogenated alkanes) is 1. The SMILES string of the molecule is CCC=CCCC=C(C)CN(CC(C)C)C(=O)C1CC1. The molecule has 0 spiro atoms. The van der Waals surface area contributed by atoms with Crippen LogP contribution >= 0.6 is 0 Å². The third-order valence-electron chi connectivity index (χ3n) is 3.49. The van der Waals surface area contributed by atoms with Gasteiger partial charge in [0.15, 0.2) is 0 Å². The van der Waals surface area contributed by atoms with Crippen molar-refractivity contribution in [3.05, 3.63) is 23.8 Å². The van der Waals surface area contributed by atoms with E-state index in [1.165, 1.54) is 5.57 Å². The highest BCUT2D eigenvalue weighted by atomic mass is 16.2. The Bertz CT molecular complexity index is 350. The first-order valence-corrected chi connectivity index (χ1v) is 8.14. The second-order valence-electron chi connectivity index (χ2n) is 6.39. The molecule has 0 aliphatic heterocycles. The number of nitrogens with zero attached hydrogens (tertiary/aromatic N) is 1. The fraction of sp³-hybridized carbons (Fsp3) is 0.722. The van der Waals surface area contributed by atoms with Gasteiger partial charge >= 0.3 is 0 Å². The molecule has 0 N–H and O–H groups in total. The quantitative estimate of drug-likeness (QED) is 0.446. The summed E-state index contributed by atoms with van der Waals surface area (Å²) in [4.78, 5) is 14.3. The minimum atomic E-state index is 0.328. The zero-order chi connectivity index (χ0) is 15.0. The van der Waals surface area contributed by atoms with Crippen molar-refractivity contribution in [2.24, 2.45) is 11.8 Å². The highest BCUT2D eigenvalue weighted by Gasteiger charge is 2.33. The number of rotatable bonds is 9. The normalized spacial score (nSPS) is 16.1. The first kappa shape index (κ1) is 17.0. The average Bonchev–Trinajstić information content (AvgIpc) is 3.20. The van der Waals surface area contributed by atoms with E-state index in [0.29, 0.717) is 17.7 Å². The minimum absolute atomic E-state index is 0.328. The Labute approximate surface area is 124 Å². The Hall–Kier alpha value is -1.05.